The molecule has 44 heavy (non-hydrogen) atoms. The minimum absolute atomic E-state index is 0.145. The zero-order valence-corrected chi connectivity index (χ0v) is 26.0. The number of hydrogen-bond donors (Lipinski definition) is 3. The number of benzene rings is 3. The highest BCUT2D eigenvalue weighted by Crippen LogP contribution is 2.34. The number of anilines is 6. The van der Waals surface area contributed by atoms with Crippen LogP contribution in [0.5, 0.6) is 0 Å². The number of aryl methyl sites for hydroxylation is 3. The van der Waals surface area contributed by atoms with Crippen molar-refractivity contribution in [3.63, 3.8) is 0 Å². The van der Waals surface area contributed by atoms with E-state index in [1.807, 2.05) is 57.2 Å². The van der Waals surface area contributed by atoms with Gasteiger partial charge in [-0.25, -0.2) is 9.78 Å². The highest BCUT2D eigenvalue weighted by atomic mass is 35.5. The Balaban J connectivity index is 1.52. The molecule has 4 aromatic rings. The van der Waals surface area contributed by atoms with Crippen molar-refractivity contribution in [2.45, 2.75) is 33.9 Å². The summed E-state index contributed by atoms with van der Waals surface area (Å²) >= 11 is 11.3. The summed E-state index contributed by atoms with van der Waals surface area (Å²) in [5.41, 5.74) is 7.08. The van der Waals surface area contributed by atoms with Crippen LogP contribution in [0.3, 0.4) is 0 Å². The standard InChI is InChI=1S/C32H31Cl2N7O3/c1-19-11-20(2)13-25(12-19)40-18-23-16-35-31(38-29-21(3)5-4-6-26(29)37-28(43)15-34)39-30(23)41(32(40)44)17-22-7-9-24(10-8-22)36-27(42)14-33/h4-13,16H,14-15,17-18H2,1-3H3,(H,36,42)(H,37,43)(H,35,38,39). The Morgan fingerprint density at radius 1 is 0.909 bits per heavy atom. The minimum Gasteiger partial charge on any atom is -0.325 e. The van der Waals surface area contributed by atoms with Gasteiger partial charge in [0, 0.05) is 23.1 Å². The summed E-state index contributed by atoms with van der Waals surface area (Å²) in [5, 5.41) is 8.74. The van der Waals surface area contributed by atoms with Gasteiger partial charge in [0.25, 0.3) is 0 Å². The molecule has 0 aliphatic carbocycles. The van der Waals surface area contributed by atoms with Gasteiger partial charge < -0.3 is 16.0 Å². The fourth-order valence-electron chi connectivity index (χ4n) is 5.03. The molecule has 2 heterocycles. The molecule has 1 aromatic heterocycles. The summed E-state index contributed by atoms with van der Waals surface area (Å²) < 4.78 is 0. The van der Waals surface area contributed by atoms with Gasteiger partial charge in [0.15, 0.2) is 0 Å². The maximum Gasteiger partial charge on any atom is 0.330 e. The van der Waals surface area contributed by atoms with Crippen LogP contribution in [0.2, 0.25) is 0 Å². The molecule has 226 valence electrons. The van der Waals surface area contributed by atoms with E-state index in [9.17, 15) is 14.4 Å². The molecule has 0 fully saturated rings. The summed E-state index contributed by atoms with van der Waals surface area (Å²) in [5.74, 6) is -0.253. The van der Waals surface area contributed by atoms with Gasteiger partial charge in [-0.2, -0.15) is 4.98 Å². The van der Waals surface area contributed by atoms with Crippen LogP contribution in [0.15, 0.2) is 66.9 Å². The quantitative estimate of drug-likeness (QED) is 0.178. The highest BCUT2D eigenvalue weighted by molar-refractivity contribution is 6.29. The zero-order chi connectivity index (χ0) is 31.4. The summed E-state index contributed by atoms with van der Waals surface area (Å²) in [6, 6.07) is 18.5. The van der Waals surface area contributed by atoms with Crippen LogP contribution in [0, 0.1) is 20.8 Å². The monoisotopic (exact) mass is 631 g/mol. The molecule has 3 aromatic carbocycles. The van der Waals surface area contributed by atoms with Crippen molar-refractivity contribution < 1.29 is 14.4 Å². The van der Waals surface area contributed by atoms with Gasteiger partial charge in [-0.15, -0.1) is 23.2 Å². The number of nitrogens with one attached hydrogen (secondary N) is 3. The van der Waals surface area contributed by atoms with Crippen molar-refractivity contribution in [2.24, 2.45) is 0 Å². The average Bonchev–Trinajstić information content (AvgIpc) is 3.00. The Bertz CT molecular complexity index is 1710. The topological polar surface area (TPSA) is 120 Å². The van der Waals surface area contributed by atoms with Crippen molar-refractivity contribution >= 4 is 75.6 Å². The van der Waals surface area contributed by atoms with Crippen LogP contribution >= 0.6 is 23.2 Å². The number of para-hydroxylation sites is 1. The first kappa shape index (κ1) is 30.8. The van der Waals surface area contributed by atoms with Gasteiger partial charge in [0.1, 0.15) is 17.6 Å². The number of urea groups is 1. The SMILES string of the molecule is Cc1cc(C)cc(N2Cc3cnc(Nc4c(C)cccc4NC(=O)CCl)nc3N(Cc3ccc(NC(=O)CCl)cc3)C2=O)c1. The molecule has 0 bridgehead atoms. The summed E-state index contributed by atoms with van der Waals surface area (Å²) in [6.45, 7) is 6.40. The lowest BCUT2D eigenvalue weighted by Gasteiger charge is -2.36. The van der Waals surface area contributed by atoms with Gasteiger partial charge in [-0.05, 0) is 73.4 Å². The van der Waals surface area contributed by atoms with Crippen LogP contribution in [-0.2, 0) is 22.7 Å². The number of hydrogen-bond acceptors (Lipinski definition) is 6. The third-order valence-electron chi connectivity index (χ3n) is 7.01. The van der Waals surface area contributed by atoms with E-state index in [1.54, 1.807) is 34.2 Å². The number of nitrogens with zero attached hydrogens (tertiary/aromatic N) is 4. The molecule has 0 atom stereocenters. The Labute approximate surface area is 265 Å². The van der Waals surface area contributed by atoms with Crippen molar-refractivity contribution in [3.05, 3.63) is 94.7 Å². The maximum atomic E-state index is 14.1. The number of alkyl halides is 2. The van der Waals surface area contributed by atoms with E-state index in [2.05, 4.69) is 27.0 Å². The van der Waals surface area contributed by atoms with Gasteiger partial charge in [0.2, 0.25) is 17.8 Å². The highest BCUT2D eigenvalue weighted by Gasteiger charge is 2.33. The van der Waals surface area contributed by atoms with E-state index in [1.165, 1.54) is 0 Å². The van der Waals surface area contributed by atoms with Crippen LogP contribution in [0.1, 0.15) is 27.8 Å². The first-order valence-corrected chi connectivity index (χ1v) is 14.9. The van der Waals surface area contributed by atoms with Crippen LogP contribution in [0.25, 0.3) is 0 Å². The van der Waals surface area contributed by atoms with Crippen molar-refractivity contribution in [3.8, 4) is 0 Å². The lowest BCUT2D eigenvalue weighted by atomic mass is 10.1. The van der Waals surface area contributed by atoms with E-state index in [-0.39, 0.29) is 42.1 Å². The van der Waals surface area contributed by atoms with Gasteiger partial charge >= 0.3 is 6.03 Å². The third kappa shape index (κ3) is 6.93. The predicted octanol–water partition coefficient (Wildman–Crippen LogP) is 6.65. The van der Waals surface area contributed by atoms with Crippen molar-refractivity contribution in [2.75, 3.05) is 37.5 Å². The number of fused-ring (bicyclic) bond motifs is 1. The second-order valence-corrected chi connectivity index (χ2v) is 11.1. The third-order valence-corrected chi connectivity index (χ3v) is 7.50. The minimum atomic E-state index is -0.344. The molecule has 12 heteroatoms. The molecule has 0 radical (unpaired) electrons. The first-order chi connectivity index (χ1) is 21.1. The fourth-order valence-corrected chi connectivity index (χ4v) is 5.17. The average molecular weight is 633 g/mol. The second-order valence-electron chi connectivity index (χ2n) is 10.5. The van der Waals surface area contributed by atoms with Gasteiger partial charge in [-0.3, -0.25) is 19.4 Å². The molecule has 0 saturated carbocycles. The number of carbonyl (C=O) groups excluding carboxylic acids is 3. The molecular formula is C32H31Cl2N7O3. The number of carbonyl (C=O) groups is 3. The number of aromatic nitrogens is 2. The van der Waals surface area contributed by atoms with Crippen molar-refractivity contribution in [1.29, 1.82) is 0 Å². The lowest BCUT2D eigenvalue weighted by molar-refractivity contribution is -0.114. The van der Waals surface area contributed by atoms with E-state index < -0.39 is 0 Å². The zero-order valence-electron chi connectivity index (χ0n) is 24.4. The van der Waals surface area contributed by atoms with Crippen molar-refractivity contribution in [1.82, 2.24) is 9.97 Å². The second kappa shape index (κ2) is 13.3. The van der Waals surface area contributed by atoms with E-state index in [0.29, 0.717) is 29.4 Å². The predicted molar refractivity (Wildman–Crippen MR) is 175 cm³/mol. The lowest BCUT2D eigenvalue weighted by Crippen LogP contribution is -2.47. The first-order valence-electron chi connectivity index (χ1n) is 13.9. The number of halogens is 2. The summed E-state index contributed by atoms with van der Waals surface area (Å²) in [7, 11) is 0. The Kier molecular flexibility index (Phi) is 9.32. The van der Waals surface area contributed by atoms with Gasteiger partial charge in [-0.1, -0.05) is 30.3 Å². The number of amides is 4. The van der Waals surface area contributed by atoms with E-state index in [4.69, 9.17) is 28.2 Å². The summed E-state index contributed by atoms with van der Waals surface area (Å²) in [4.78, 5) is 50.6. The molecule has 0 unspecified atom stereocenters. The van der Waals surface area contributed by atoms with Crippen LogP contribution in [-0.4, -0.2) is 39.6 Å². The molecule has 5 rings (SSSR count). The molecule has 0 saturated heterocycles. The molecule has 1 aliphatic heterocycles. The van der Waals surface area contributed by atoms with Crippen LogP contribution in [0.4, 0.5) is 39.3 Å². The normalized spacial score (nSPS) is 12.5. The largest absolute Gasteiger partial charge is 0.330 e. The molecule has 10 nitrogen and oxygen atoms in total. The summed E-state index contributed by atoms with van der Waals surface area (Å²) in [6.07, 6.45) is 1.71. The molecule has 4 amide bonds. The van der Waals surface area contributed by atoms with E-state index in [0.717, 1.165) is 33.5 Å². The Morgan fingerprint density at radius 3 is 2.27 bits per heavy atom. The maximum absolute atomic E-state index is 14.1. The smallest absolute Gasteiger partial charge is 0.325 e. The molecule has 1 aliphatic rings. The Morgan fingerprint density at radius 2 is 1.59 bits per heavy atom. The molecule has 0 spiro atoms. The number of rotatable bonds is 9. The van der Waals surface area contributed by atoms with E-state index >= 15 is 0 Å². The van der Waals surface area contributed by atoms with Crippen LogP contribution < -0.4 is 25.8 Å². The van der Waals surface area contributed by atoms with Gasteiger partial charge in [0.05, 0.1) is 24.5 Å². The Hall–Kier alpha value is -4.67. The molecular weight excluding hydrogens is 601 g/mol. The molecule has 3 N–H and O–H groups in total. The fraction of sp³-hybridized carbons (Fsp3) is 0.219.